The van der Waals surface area contributed by atoms with E-state index in [-0.39, 0.29) is 0 Å². The first-order valence-corrected chi connectivity index (χ1v) is 6.31. The summed E-state index contributed by atoms with van der Waals surface area (Å²) in [5.41, 5.74) is 3.22. The Morgan fingerprint density at radius 2 is 2.00 bits per heavy atom. The summed E-state index contributed by atoms with van der Waals surface area (Å²) in [4.78, 5) is 11.8. The molecule has 1 aliphatic rings. The second-order valence-electron chi connectivity index (χ2n) is 4.67. The standard InChI is InChI=1S/C15H19NO/c1-12-6-5-8-14(10-12)16-11-13-7-3-2-4-9-15(13)17/h5-6,8,10-11,16H,2-4,7,9H2,1H3/b13-11+. The van der Waals surface area contributed by atoms with E-state index in [1.807, 2.05) is 18.3 Å². The fourth-order valence-corrected chi connectivity index (χ4v) is 2.14. The Hall–Kier alpha value is -1.57. The summed E-state index contributed by atoms with van der Waals surface area (Å²) in [6.07, 6.45) is 6.86. The minimum atomic E-state index is 0.308. The number of allylic oxidation sites excluding steroid dienone is 1. The van der Waals surface area contributed by atoms with E-state index >= 15 is 0 Å². The average Bonchev–Trinajstić information content (AvgIpc) is 2.52. The molecule has 0 atom stereocenters. The van der Waals surface area contributed by atoms with Gasteiger partial charge in [0.15, 0.2) is 5.78 Å². The molecule has 0 heterocycles. The van der Waals surface area contributed by atoms with Crippen molar-refractivity contribution in [3.05, 3.63) is 41.6 Å². The highest BCUT2D eigenvalue weighted by Gasteiger charge is 2.12. The number of ketones is 1. The van der Waals surface area contributed by atoms with E-state index in [0.29, 0.717) is 12.2 Å². The lowest BCUT2D eigenvalue weighted by Gasteiger charge is -2.05. The molecule has 1 aromatic carbocycles. The van der Waals surface area contributed by atoms with Crippen molar-refractivity contribution >= 4 is 11.5 Å². The van der Waals surface area contributed by atoms with Gasteiger partial charge in [-0.15, -0.1) is 0 Å². The van der Waals surface area contributed by atoms with E-state index in [2.05, 4.69) is 24.4 Å². The van der Waals surface area contributed by atoms with Crippen LogP contribution in [0, 0.1) is 6.92 Å². The molecule has 0 radical (unpaired) electrons. The number of nitrogens with one attached hydrogen (secondary N) is 1. The van der Waals surface area contributed by atoms with Crippen LogP contribution >= 0.6 is 0 Å². The summed E-state index contributed by atoms with van der Waals surface area (Å²) >= 11 is 0. The van der Waals surface area contributed by atoms with Crippen molar-refractivity contribution in [3.8, 4) is 0 Å². The van der Waals surface area contributed by atoms with E-state index < -0.39 is 0 Å². The summed E-state index contributed by atoms with van der Waals surface area (Å²) in [7, 11) is 0. The molecular formula is C15H19NO. The third-order valence-electron chi connectivity index (χ3n) is 3.14. The van der Waals surface area contributed by atoms with Crippen molar-refractivity contribution in [2.45, 2.75) is 39.0 Å². The molecule has 1 saturated carbocycles. The Morgan fingerprint density at radius 1 is 1.18 bits per heavy atom. The number of rotatable bonds is 2. The monoisotopic (exact) mass is 229 g/mol. The van der Waals surface area contributed by atoms with Crippen molar-refractivity contribution < 1.29 is 4.79 Å². The van der Waals surface area contributed by atoms with Gasteiger partial charge >= 0.3 is 0 Å². The van der Waals surface area contributed by atoms with Crippen molar-refractivity contribution in [3.63, 3.8) is 0 Å². The molecule has 17 heavy (non-hydrogen) atoms. The molecule has 0 unspecified atom stereocenters. The molecule has 1 aromatic rings. The summed E-state index contributed by atoms with van der Waals surface area (Å²) in [6.45, 7) is 2.06. The lowest BCUT2D eigenvalue weighted by atomic mass is 10.1. The van der Waals surface area contributed by atoms with E-state index in [4.69, 9.17) is 0 Å². The Bertz CT molecular complexity index is 434. The van der Waals surface area contributed by atoms with E-state index in [9.17, 15) is 4.79 Å². The molecule has 0 aliphatic heterocycles. The first-order chi connectivity index (χ1) is 8.25. The molecule has 0 saturated heterocycles. The second-order valence-corrected chi connectivity index (χ2v) is 4.67. The molecule has 0 aromatic heterocycles. The van der Waals surface area contributed by atoms with Crippen molar-refractivity contribution in [1.82, 2.24) is 0 Å². The lowest BCUT2D eigenvalue weighted by molar-refractivity contribution is -0.115. The number of anilines is 1. The van der Waals surface area contributed by atoms with E-state index in [0.717, 1.165) is 30.5 Å². The van der Waals surface area contributed by atoms with Gasteiger partial charge in [-0.25, -0.2) is 0 Å². The molecule has 2 heteroatoms. The maximum absolute atomic E-state index is 11.8. The van der Waals surface area contributed by atoms with Crippen LogP contribution in [0.3, 0.4) is 0 Å². The first-order valence-electron chi connectivity index (χ1n) is 6.31. The second kappa shape index (κ2) is 5.67. The number of carbonyl (C=O) groups is 1. The molecule has 0 bridgehead atoms. The van der Waals surface area contributed by atoms with Crippen LogP contribution in [0.15, 0.2) is 36.0 Å². The average molecular weight is 229 g/mol. The van der Waals surface area contributed by atoms with E-state index in [1.165, 1.54) is 12.0 Å². The van der Waals surface area contributed by atoms with Crippen LogP contribution in [0.1, 0.15) is 37.7 Å². The zero-order valence-corrected chi connectivity index (χ0v) is 10.3. The number of aryl methyl sites for hydroxylation is 1. The molecule has 2 rings (SSSR count). The first kappa shape index (κ1) is 11.9. The summed E-state index contributed by atoms with van der Waals surface area (Å²) < 4.78 is 0. The van der Waals surface area contributed by atoms with Gasteiger partial charge in [-0.1, -0.05) is 18.6 Å². The van der Waals surface area contributed by atoms with Crippen molar-refractivity contribution in [1.29, 1.82) is 0 Å². The molecule has 0 spiro atoms. The minimum absolute atomic E-state index is 0.308. The number of benzene rings is 1. The zero-order valence-electron chi connectivity index (χ0n) is 10.3. The maximum atomic E-state index is 11.8. The quantitative estimate of drug-likeness (QED) is 0.617. The van der Waals surface area contributed by atoms with Gasteiger partial charge in [0.25, 0.3) is 0 Å². The van der Waals surface area contributed by atoms with Crippen LogP contribution < -0.4 is 5.32 Å². The number of carbonyl (C=O) groups excluding carboxylic acids is 1. The van der Waals surface area contributed by atoms with Crippen LogP contribution in [0.2, 0.25) is 0 Å². The molecule has 90 valence electrons. The normalized spacial score (nSPS) is 19.1. The predicted octanol–water partition coefficient (Wildman–Crippen LogP) is 3.82. The smallest absolute Gasteiger partial charge is 0.160 e. The highest BCUT2D eigenvalue weighted by molar-refractivity contribution is 5.95. The Morgan fingerprint density at radius 3 is 2.82 bits per heavy atom. The van der Waals surface area contributed by atoms with Gasteiger partial charge in [0, 0.05) is 23.9 Å². The molecular weight excluding hydrogens is 210 g/mol. The molecule has 1 N–H and O–H groups in total. The fourth-order valence-electron chi connectivity index (χ4n) is 2.14. The van der Waals surface area contributed by atoms with Gasteiger partial charge < -0.3 is 5.32 Å². The minimum Gasteiger partial charge on any atom is -0.361 e. The van der Waals surface area contributed by atoms with Crippen LogP contribution in [0.25, 0.3) is 0 Å². The third kappa shape index (κ3) is 3.45. The SMILES string of the molecule is Cc1cccc(N/C=C2\CCCCCC2=O)c1. The Balaban J connectivity index is 2.06. The van der Waals surface area contributed by atoms with Crippen LogP contribution in [0.4, 0.5) is 5.69 Å². The van der Waals surface area contributed by atoms with Crippen molar-refractivity contribution in [2.24, 2.45) is 0 Å². The van der Waals surface area contributed by atoms with Gasteiger partial charge in [0.1, 0.15) is 0 Å². The number of Topliss-reactive ketones (excluding diaryl/α,β-unsaturated/α-hetero) is 1. The molecule has 2 nitrogen and oxygen atoms in total. The zero-order chi connectivity index (χ0) is 12.1. The highest BCUT2D eigenvalue weighted by Crippen LogP contribution is 2.19. The van der Waals surface area contributed by atoms with Crippen LogP contribution in [-0.4, -0.2) is 5.78 Å². The summed E-state index contributed by atoms with van der Waals surface area (Å²) in [5.74, 6) is 0.308. The highest BCUT2D eigenvalue weighted by atomic mass is 16.1. The summed E-state index contributed by atoms with van der Waals surface area (Å²) in [5, 5.41) is 3.23. The molecule has 1 fully saturated rings. The number of hydrogen-bond donors (Lipinski definition) is 1. The van der Waals surface area contributed by atoms with Gasteiger partial charge in [-0.3, -0.25) is 4.79 Å². The predicted molar refractivity (Wildman–Crippen MR) is 71.0 cm³/mol. The van der Waals surface area contributed by atoms with Gasteiger partial charge in [-0.2, -0.15) is 0 Å². The number of hydrogen-bond acceptors (Lipinski definition) is 2. The lowest BCUT2D eigenvalue weighted by Crippen LogP contribution is -2.02. The topological polar surface area (TPSA) is 29.1 Å². The fraction of sp³-hybridized carbons (Fsp3) is 0.400. The maximum Gasteiger partial charge on any atom is 0.160 e. The van der Waals surface area contributed by atoms with E-state index in [1.54, 1.807) is 0 Å². The molecule has 1 aliphatic carbocycles. The summed E-state index contributed by atoms with van der Waals surface area (Å²) in [6, 6.07) is 8.18. The van der Waals surface area contributed by atoms with Crippen molar-refractivity contribution in [2.75, 3.05) is 5.32 Å². The Kier molecular flexibility index (Phi) is 3.97. The van der Waals surface area contributed by atoms with Gasteiger partial charge in [-0.05, 0) is 43.9 Å². The van der Waals surface area contributed by atoms with Gasteiger partial charge in [0.2, 0.25) is 0 Å². The largest absolute Gasteiger partial charge is 0.361 e. The third-order valence-corrected chi connectivity index (χ3v) is 3.14. The Labute approximate surface area is 103 Å². The van der Waals surface area contributed by atoms with Crippen LogP contribution in [-0.2, 0) is 4.79 Å². The molecule has 0 amide bonds. The van der Waals surface area contributed by atoms with Crippen LogP contribution in [0.5, 0.6) is 0 Å². The van der Waals surface area contributed by atoms with Gasteiger partial charge in [0.05, 0.1) is 0 Å².